The Morgan fingerprint density at radius 3 is 2.95 bits per heavy atom. The van der Waals surface area contributed by atoms with Crippen LogP contribution in [0.25, 0.3) is 0 Å². The number of aliphatic hydroxyl groups is 1. The zero-order valence-electron chi connectivity index (χ0n) is 10.1. The molecule has 7 nitrogen and oxygen atoms in total. The molecule has 0 radical (unpaired) electrons. The highest BCUT2D eigenvalue weighted by Gasteiger charge is 2.15. The minimum absolute atomic E-state index is 0.146. The summed E-state index contributed by atoms with van der Waals surface area (Å²) in [6, 6.07) is 1.48. The highest BCUT2D eigenvalue weighted by Crippen LogP contribution is 2.18. The Hall–Kier alpha value is -1.29. The van der Waals surface area contributed by atoms with E-state index < -0.39 is 10.0 Å². The highest BCUT2D eigenvalue weighted by atomic mass is 32.2. The van der Waals surface area contributed by atoms with Gasteiger partial charge in [-0.3, -0.25) is 4.68 Å². The van der Waals surface area contributed by atoms with Gasteiger partial charge < -0.3 is 5.11 Å². The fourth-order valence-electron chi connectivity index (χ4n) is 1.47. The van der Waals surface area contributed by atoms with Crippen molar-refractivity contribution in [1.29, 1.82) is 0 Å². The maximum absolute atomic E-state index is 11.9. The van der Waals surface area contributed by atoms with E-state index in [9.17, 15) is 8.42 Å². The van der Waals surface area contributed by atoms with Crippen molar-refractivity contribution in [2.24, 2.45) is 0 Å². The molecule has 2 rings (SSSR count). The Morgan fingerprint density at radius 2 is 2.32 bits per heavy atom. The van der Waals surface area contributed by atoms with Crippen LogP contribution in [0.4, 0.5) is 0 Å². The van der Waals surface area contributed by atoms with Gasteiger partial charge in [-0.25, -0.2) is 13.1 Å². The molecule has 0 amide bonds. The molecule has 0 aliphatic rings. The molecule has 2 N–H and O–H groups in total. The Bertz CT molecular complexity index is 607. The van der Waals surface area contributed by atoms with Crippen LogP contribution in [0.3, 0.4) is 0 Å². The second-order valence-electron chi connectivity index (χ2n) is 3.82. The minimum Gasteiger partial charge on any atom is -0.391 e. The van der Waals surface area contributed by atoms with Crippen LogP contribution in [0.5, 0.6) is 0 Å². The van der Waals surface area contributed by atoms with E-state index >= 15 is 0 Å². The van der Waals surface area contributed by atoms with E-state index in [0.717, 1.165) is 0 Å². The van der Waals surface area contributed by atoms with Crippen molar-refractivity contribution in [2.75, 3.05) is 6.54 Å². The van der Waals surface area contributed by atoms with Gasteiger partial charge in [-0.15, -0.1) is 16.4 Å². The van der Waals surface area contributed by atoms with Gasteiger partial charge in [-0.2, -0.15) is 0 Å². The molecule has 0 spiro atoms. The normalized spacial score (nSPS) is 11.8. The number of nitrogens with one attached hydrogen (secondary N) is 1. The lowest BCUT2D eigenvalue weighted by Crippen LogP contribution is -2.25. The second kappa shape index (κ2) is 6.24. The summed E-state index contributed by atoms with van der Waals surface area (Å²) in [4.78, 5) is 0.824. The lowest BCUT2D eigenvalue weighted by atomic mass is 10.4. The fraction of sp³-hybridized carbons (Fsp3) is 0.400. The van der Waals surface area contributed by atoms with Gasteiger partial charge >= 0.3 is 0 Å². The van der Waals surface area contributed by atoms with E-state index in [2.05, 4.69) is 15.0 Å². The number of aliphatic hydroxyl groups excluding tert-OH is 1. The van der Waals surface area contributed by atoms with E-state index in [1.807, 2.05) is 0 Å². The number of thiophene rings is 1. The third-order valence-electron chi connectivity index (χ3n) is 2.42. The van der Waals surface area contributed by atoms with Gasteiger partial charge in [0.15, 0.2) is 0 Å². The molecule has 0 saturated carbocycles. The minimum atomic E-state index is -3.49. The predicted molar refractivity (Wildman–Crippen MR) is 70.1 cm³/mol. The van der Waals surface area contributed by atoms with Crippen LogP contribution in [-0.2, 0) is 23.2 Å². The van der Waals surface area contributed by atoms with E-state index in [4.69, 9.17) is 5.11 Å². The average Bonchev–Trinajstić information content (AvgIpc) is 3.05. The Kier molecular flexibility index (Phi) is 4.64. The zero-order chi connectivity index (χ0) is 13.7. The molecule has 2 heterocycles. The summed E-state index contributed by atoms with van der Waals surface area (Å²) in [5.41, 5.74) is 0. The van der Waals surface area contributed by atoms with Gasteiger partial charge in [-0.05, 0) is 12.5 Å². The maximum Gasteiger partial charge on any atom is 0.241 e. The molecule has 0 aliphatic carbocycles. The Morgan fingerprint density at radius 1 is 1.47 bits per heavy atom. The molecule has 9 heteroatoms. The largest absolute Gasteiger partial charge is 0.391 e. The van der Waals surface area contributed by atoms with Gasteiger partial charge in [0.25, 0.3) is 0 Å². The van der Waals surface area contributed by atoms with Crippen LogP contribution < -0.4 is 4.72 Å². The third-order valence-corrected chi connectivity index (χ3v) is 4.93. The first-order chi connectivity index (χ1) is 9.12. The first-order valence-corrected chi connectivity index (χ1v) is 8.00. The maximum atomic E-state index is 11.9. The number of rotatable bonds is 7. The van der Waals surface area contributed by atoms with Gasteiger partial charge in [-0.1, -0.05) is 5.21 Å². The van der Waals surface area contributed by atoms with Crippen LogP contribution in [0.2, 0.25) is 0 Å². The van der Waals surface area contributed by atoms with Crippen LogP contribution in [0.15, 0.2) is 28.7 Å². The van der Waals surface area contributed by atoms with E-state index in [0.29, 0.717) is 24.4 Å². The second-order valence-corrected chi connectivity index (χ2v) is 6.59. The van der Waals surface area contributed by atoms with Crippen molar-refractivity contribution >= 4 is 21.4 Å². The van der Waals surface area contributed by atoms with Crippen molar-refractivity contribution in [3.8, 4) is 0 Å². The molecule has 0 saturated heterocycles. The third kappa shape index (κ3) is 3.83. The van der Waals surface area contributed by atoms with Gasteiger partial charge in [0.2, 0.25) is 10.0 Å². The fourth-order valence-corrected chi connectivity index (χ4v) is 3.68. The first kappa shape index (κ1) is 14.1. The van der Waals surface area contributed by atoms with E-state index in [-0.39, 0.29) is 11.5 Å². The Labute approximate surface area is 114 Å². The predicted octanol–water partition coefficient (Wildman–Crippen LogP) is 0.200. The molecule has 0 atom stereocenters. The number of aryl methyl sites for hydroxylation is 1. The van der Waals surface area contributed by atoms with Crippen molar-refractivity contribution in [2.45, 2.75) is 24.5 Å². The van der Waals surface area contributed by atoms with Gasteiger partial charge in [0, 0.05) is 29.5 Å². The summed E-state index contributed by atoms with van der Waals surface area (Å²) >= 11 is 1.22. The highest BCUT2D eigenvalue weighted by molar-refractivity contribution is 7.89. The number of aromatic nitrogens is 3. The molecule has 2 aromatic heterocycles. The standard InChI is InChI=1S/C10H14N4O3S2/c15-7-9-6-10(8-18-9)19(16,17)12-2-1-4-14-5-3-11-13-14/h3,5-6,8,12,15H,1-2,4,7H2. The molecule has 0 fully saturated rings. The molecule has 2 aromatic rings. The first-order valence-electron chi connectivity index (χ1n) is 5.64. The van der Waals surface area contributed by atoms with Crippen molar-refractivity contribution < 1.29 is 13.5 Å². The van der Waals surface area contributed by atoms with E-state index in [1.54, 1.807) is 17.1 Å². The smallest absolute Gasteiger partial charge is 0.241 e. The lowest BCUT2D eigenvalue weighted by molar-refractivity contribution is 0.285. The number of nitrogens with zero attached hydrogens (tertiary/aromatic N) is 3. The summed E-state index contributed by atoms with van der Waals surface area (Å²) in [5, 5.41) is 17.9. The zero-order valence-corrected chi connectivity index (χ0v) is 11.7. The molecule has 0 aromatic carbocycles. The van der Waals surface area contributed by atoms with Crippen LogP contribution in [0, 0.1) is 0 Å². The molecule has 0 bridgehead atoms. The molecular formula is C10H14N4O3S2. The monoisotopic (exact) mass is 302 g/mol. The SMILES string of the molecule is O=S(=O)(NCCCn1ccnn1)c1csc(CO)c1. The summed E-state index contributed by atoms with van der Waals surface area (Å²) in [6.45, 7) is 0.785. The van der Waals surface area contributed by atoms with E-state index in [1.165, 1.54) is 22.8 Å². The molecular weight excluding hydrogens is 288 g/mol. The summed E-state index contributed by atoms with van der Waals surface area (Å²) in [7, 11) is -3.49. The van der Waals surface area contributed by atoms with Gasteiger partial charge in [0.05, 0.1) is 17.7 Å². The van der Waals surface area contributed by atoms with Gasteiger partial charge in [0.1, 0.15) is 0 Å². The number of sulfonamides is 1. The Balaban J connectivity index is 1.84. The number of hydrogen-bond acceptors (Lipinski definition) is 6. The quantitative estimate of drug-likeness (QED) is 0.712. The summed E-state index contributed by atoms with van der Waals surface area (Å²) < 4.78 is 28.0. The summed E-state index contributed by atoms with van der Waals surface area (Å²) in [6.07, 6.45) is 3.92. The summed E-state index contributed by atoms with van der Waals surface area (Å²) in [5.74, 6) is 0. The van der Waals surface area contributed by atoms with Crippen molar-refractivity contribution in [1.82, 2.24) is 19.7 Å². The van der Waals surface area contributed by atoms with Crippen LogP contribution in [0.1, 0.15) is 11.3 Å². The van der Waals surface area contributed by atoms with Crippen LogP contribution in [-0.4, -0.2) is 35.1 Å². The van der Waals surface area contributed by atoms with Crippen molar-refractivity contribution in [3.05, 3.63) is 28.7 Å². The number of hydrogen-bond donors (Lipinski definition) is 2. The molecule has 0 aliphatic heterocycles. The molecule has 19 heavy (non-hydrogen) atoms. The lowest BCUT2D eigenvalue weighted by Gasteiger charge is -2.04. The average molecular weight is 302 g/mol. The van der Waals surface area contributed by atoms with Crippen LogP contribution >= 0.6 is 11.3 Å². The van der Waals surface area contributed by atoms with Crippen molar-refractivity contribution in [3.63, 3.8) is 0 Å². The molecule has 0 unspecified atom stereocenters. The topological polar surface area (TPSA) is 97.1 Å². The molecule has 104 valence electrons.